The maximum Gasteiger partial charge on any atom is 0.339 e. The third-order valence-corrected chi connectivity index (χ3v) is 3.95. The van der Waals surface area contributed by atoms with Crippen LogP contribution in [0.2, 0.25) is 0 Å². The maximum absolute atomic E-state index is 11.8. The van der Waals surface area contributed by atoms with E-state index in [1.165, 1.54) is 6.21 Å². The number of hydrazone groups is 1. The average molecular weight is 439 g/mol. The number of carbonyl (C=O) groups excluding carboxylic acids is 1. The third kappa shape index (κ3) is 4.85. The lowest BCUT2D eigenvalue weighted by atomic mass is 10.2. The summed E-state index contributed by atoms with van der Waals surface area (Å²) in [6.07, 6.45) is 1.49. The number of phenolic OH excluding ortho intramolecular Hbond substituents is 1. The van der Waals surface area contributed by atoms with Crippen LogP contribution < -0.4 is 15.5 Å². The van der Waals surface area contributed by atoms with Gasteiger partial charge in [0.15, 0.2) is 11.5 Å². The quantitative estimate of drug-likeness (QED) is 0.376. The number of halogens is 1. The minimum atomic E-state index is -0.431. The van der Waals surface area contributed by atoms with E-state index in [9.17, 15) is 9.90 Å². The van der Waals surface area contributed by atoms with Gasteiger partial charge in [0, 0.05) is 5.69 Å². The topological polar surface area (TPSA) is 83.0 Å². The molecule has 0 spiro atoms. The Morgan fingerprint density at radius 2 is 2.12 bits per heavy atom. The zero-order chi connectivity index (χ0) is 17.5. The Morgan fingerprint density at radius 3 is 2.83 bits per heavy atom. The number of nitrogens with zero attached hydrogens (tertiary/aromatic N) is 1. The molecule has 3 N–H and O–H groups in total. The molecule has 0 saturated heterocycles. The lowest BCUT2D eigenvalue weighted by molar-refractivity contribution is 0.252. The van der Waals surface area contributed by atoms with Crippen LogP contribution in [0.3, 0.4) is 0 Å². The smallest absolute Gasteiger partial charge is 0.339 e. The number of aromatic hydroxyl groups is 1. The predicted molar refractivity (Wildman–Crippen MR) is 103 cm³/mol. The van der Waals surface area contributed by atoms with E-state index >= 15 is 0 Å². The molecule has 126 valence electrons. The first-order valence-electron chi connectivity index (χ1n) is 7.32. The van der Waals surface area contributed by atoms with Gasteiger partial charge >= 0.3 is 6.03 Å². The van der Waals surface area contributed by atoms with Gasteiger partial charge in [-0.05, 0) is 65.8 Å². The number of phenols is 1. The fourth-order valence-electron chi connectivity index (χ4n) is 1.96. The molecular formula is C17H18IN3O3. The second-order valence-electron chi connectivity index (χ2n) is 4.92. The molecule has 2 rings (SSSR count). The lowest BCUT2D eigenvalue weighted by Gasteiger charge is -2.08. The van der Waals surface area contributed by atoms with Crippen molar-refractivity contribution in [2.45, 2.75) is 13.8 Å². The number of benzene rings is 2. The van der Waals surface area contributed by atoms with E-state index in [-0.39, 0.29) is 5.75 Å². The first kappa shape index (κ1) is 18.1. The number of ether oxygens (including phenoxy) is 1. The van der Waals surface area contributed by atoms with Crippen molar-refractivity contribution in [1.29, 1.82) is 0 Å². The molecular weight excluding hydrogens is 421 g/mol. The monoisotopic (exact) mass is 439 g/mol. The molecule has 7 heteroatoms. The number of urea groups is 1. The van der Waals surface area contributed by atoms with Crippen LogP contribution in [0, 0.1) is 10.5 Å². The minimum absolute atomic E-state index is 0.0971. The van der Waals surface area contributed by atoms with Gasteiger partial charge in [0.2, 0.25) is 0 Å². The second kappa shape index (κ2) is 8.53. The first-order chi connectivity index (χ1) is 11.5. The minimum Gasteiger partial charge on any atom is -0.504 e. The molecule has 6 nitrogen and oxygen atoms in total. The molecule has 0 radical (unpaired) electrons. The number of para-hydroxylation sites is 1. The summed E-state index contributed by atoms with van der Waals surface area (Å²) < 4.78 is 6.00. The third-order valence-electron chi connectivity index (χ3n) is 3.12. The molecule has 0 aromatic heterocycles. The lowest BCUT2D eigenvalue weighted by Crippen LogP contribution is -2.24. The highest BCUT2D eigenvalue weighted by Gasteiger charge is 2.08. The standard InChI is InChI=1S/C17H18IN3O3/c1-3-24-15-9-12(8-13(18)16(15)22)10-19-21-17(23)20-14-7-5-4-6-11(14)2/h4-10,22H,3H2,1-2H3,(H2,20,21,23)/b19-10+. The normalized spacial score (nSPS) is 10.6. The van der Waals surface area contributed by atoms with E-state index in [1.807, 2.05) is 60.7 Å². The van der Waals surface area contributed by atoms with Crippen LogP contribution >= 0.6 is 22.6 Å². The van der Waals surface area contributed by atoms with E-state index in [0.29, 0.717) is 21.5 Å². The molecule has 0 aliphatic carbocycles. The van der Waals surface area contributed by atoms with Crippen molar-refractivity contribution in [2.24, 2.45) is 5.10 Å². The largest absolute Gasteiger partial charge is 0.504 e. The summed E-state index contributed by atoms with van der Waals surface area (Å²) in [7, 11) is 0. The zero-order valence-electron chi connectivity index (χ0n) is 13.3. The molecule has 0 bridgehead atoms. The van der Waals surface area contributed by atoms with Crippen LogP contribution in [0.15, 0.2) is 41.5 Å². The molecule has 0 atom stereocenters. The van der Waals surface area contributed by atoms with Gasteiger partial charge in [-0.1, -0.05) is 18.2 Å². The number of aryl methyl sites for hydroxylation is 1. The molecule has 0 heterocycles. The van der Waals surface area contributed by atoms with Crippen LogP contribution in [-0.4, -0.2) is 24.0 Å². The van der Waals surface area contributed by atoms with Gasteiger partial charge < -0.3 is 15.2 Å². The van der Waals surface area contributed by atoms with Crippen molar-refractivity contribution < 1.29 is 14.6 Å². The molecule has 0 fully saturated rings. The number of amides is 2. The summed E-state index contributed by atoms with van der Waals surface area (Å²) in [5, 5.41) is 16.5. The molecule has 2 aromatic carbocycles. The fraction of sp³-hybridized carbons (Fsp3) is 0.176. The Labute approximate surface area is 154 Å². The van der Waals surface area contributed by atoms with E-state index in [2.05, 4.69) is 15.8 Å². The fourth-order valence-corrected chi connectivity index (χ4v) is 2.59. The van der Waals surface area contributed by atoms with Crippen molar-refractivity contribution in [3.8, 4) is 11.5 Å². The summed E-state index contributed by atoms with van der Waals surface area (Å²) in [4.78, 5) is 11.8. The predicted octanol–water partition coefficient (Wildman–Crippen LogP) is 3.86. The van der Waals surface area contributed by atoms with Crippen molar-refractivity contribution in [3.63, 3.8) is 0 Å². The van der Waals surface area contributed by atoms with Gasteiger partial charge in [-0.2, -0.15) is 5.10 Å². The number of hydrogen-bond donors (Lipinski definition) is 3. The van der Waals surface area contributed by atoms with E-state index < -0.39 is 6.03 Å². The Bertz CT molecular complexity index is 763. The van der Waals surface area contributed by atoms with Gasteiger partial charge in [-0.25, -0.2) is 10.2 Å². The van der Waals surface area contributed by atoms with Crippen molar-refractivity contribution in [2.75, 3.05) is 11.9 Å². The molecule has 0 saturated carbocycles. The van der Waals surface area contributed by atoms with Gasteiger partial charge in [0.1, 0.15) is 0 Å². The number of rotatable bonds is 5. The van der Waals surface area contributed by atoms with Crippen LogP contribution in [0.1, 0.15) is 18.1 Å². The zero-order valence-corrected chi connectivity index (χ0v) is 15.5. The van der Waals surface area contributed by atoms with Crippen LogP contribution in [0.5, 0.6) is 11.5 Å². The highest BCUT2D eigenvalue weighted by Crippen LogP contribution is 2.32. The summed E-state index contributed by atoms with van der Waals surface area (Å²) in [6, 6.07) is 10.4. The number of carbonyl (C=O) groups is 1. The summed E-state index contributed by atoms with van der Waals surface area (Å²) in [5.74, 6) is 0.482. The summed E-state index contributed by atoms with van der Waals surface area (Å²) >= 11 is 2.01. The Kier molecular flexibility index (Phi) is 6.42. The molecule has 0 aliphatic rings. The molecule has 0 aliphatic heterocycles. The van der Waals surface area contributed by atoms with Gasteiger partial charge in [0.25, 0.3) is 0 Å². The Morgan fingerprint density at radius 1 is 1.38 bits per heavy atom. The van der Waals surface area contributed by atoms with Crippen LogP contribution in [0.25, 0.3) is 0 Å². The Balaban J connectivity index is 2.01. The van der Waals surface area contributed by atoms with Gasteiger partial charge in [-0.3, -0.25) is 0 Å². The molecule has 24 heavy (non-hydrogen) atoms. The highest BCUT2D eigenvalue weighted by molar-refractivity contribution is 14.1. The number of nitrogens with one attached hydrogen (secondary N) is 2. The number of hydrogen-bond acceptors (Lipinski definition) is 4. The van der Waals surface area contributed by atoms with Gasteiger partial charge in [-0.15, -0.1) is 0 Å². The van der Waals surface area contributed by atoms with Gasteiger partial charge in [0.05, 0.1) is 16.4 Å². The number of anilines is 1. The summed E-state index contributed by atoms with van der Waals surface area (Å²) in [6.45, 7) is 4.19. The molecule has 2 amide bonds. The molecule has 0 unspecified atom stereocenters. The van der Waals surface area contributed by atoms with Crippen molar-refractivity contribution in [1.82, 2.24) is 5.43 Å². The van der Waals surface area contributed by atoms with E-state index in [0.717, 1.165) is 11.3 Å². The Hall–Kier alpha value is -2.29. The van der Waals surface area contributed by atoms with E-state index in [4.69, 9.17) is 4.74 Å². The highest BCUT2D eigenvalue weighted by atomic mass is 127. The second-order valence-corrected chi connectivity index (χ2v) is 6.08. The first-order valence-corrected chi connectivity index (χ1v) is 8.40. The summed E-state index contributed by atoms with van der Waals surface area (Å²) in [5.41, 5.74) is 4.80. The maximum atomic E-state index is 11.8. The average Bonchev–Trinajstić information content (AvgIpc) is 2.54. The van der Waals surface area contributed by atoms with Crippen LogP contribution in [-0.2, 0) is 0 Å². The molecule has 2 aromatic rings. The van der Waals surface area contributed by atoms with E-state index in [1.54, 1.807) is 12.1 Å². The SMILES string of the molecule is CCOc1cc(/C=N/NC(=O)Nc2ccccc2C)cc(I)c1O. The van der Waals surface area contributed by atoms with Crippen molar-refractivity contribution in [3.05, 3.63) is 51.1 Å². The van der Waals surface area contributed by atoms with Crippen molar-refractivity contribution >= 4 is 40.5 Å². The van der Waals surface area contributed by atoms with Crippen LogP contribution in [0.4, 0.5) is 10.5 Å².